The second kappa shape index (κ2) is 5.22. The van der Waals surface area contributed by atoms with Gasteiger partial charge >= 0.3 is 0 Å². The van der Waals surface area contributed by atoms with Gasteiger partial charge in [0.1, 0.15) is 0 Å². The van der Waals surface area contributed by atoms with Crippen molar-refractivity contribution in [2.75, 3.05) is 24.3 Å². The largest absolute Gasteiger partial charge is 0.371 e. The second-order valence-corrected chi connectivity index (χ2v) is 4.22. The molecule has 0 saturated carbocycles. The first kappa shape index (κ1) is 13.3. The Labute approximate surface area is 110 Å². The van der Waals surface area contributed by atoms with Gasteiger partial charge in [0.15, 0.2) is 23.3 Å². The second-order valence-electron chi connectivity index (χ2n) is 4.22. The van der Waals surface area contributed by atoms with Crippen molar-refractivity contribution >= 4 is 17.3 Å². The third-order valence-corrected chi connectivity index (χ3v) is 2.94. The number of halogens is 2. The van der Waals surface area contributed by atoms with E-state index in [1.165, 1.54) is 0 Å². The SMILES string of the molecule is CNc1nc(N(C)c2ccccc2C)c(F)cc1F. The minimum absolute atomic E-state index is 0.0248. The highest BCUT2D eigenvalue weighted by molar-refractivity contribution is 5.64. The normalized spacial score (nSPS) is 10.4. The predicted octanol–water partition coefficient (Wildman–Crippen LogP) is 3.48. The average molecular weight is 263 g/mol. The molecule has 1 heterocycles. The molecule has 0 spiro atoms. The van der Waals surface area contributed by atoms with E-state index in [2.05, 4.69) is 10.3 Å². The van der Waals surface area contributed by atoms with Crippen LogP contribution in [0.4, 0.5) is 26.1 Å². The summed E-state index contributed by atoms with van der Waals surface area (Å²) < 4.78 is 27.3. The molecule has 3 nitrogen and oxygen atoms in total. The number of para-hydroxylation sites is 1. The van der Waals surface area contributed by atoms with Crippen LogP contribution in [0.25, 0.3) is 0 Å². The molecule has 1 aromatic heterocycles. The highest BCUT2D eigenvalue weighted by Gasteiger charge is 2.16. The van der Waals surface area contributed by atoms with Crippen LogP contribution < -0.4 is 10.2 Å². The number of aryl methyl sites for hydroxylation is 1. The number of rotatable bonds is 3. The summed E-state index contributed by atoms with van der Waals surface area (Å²) in [5.41, 5.74) is 1.81. The summed E-state index contributed by atoms with van der Waals surface area (Å²) in [6.45, 7) is 1.92. The van der Waals surface area contributed by atoms with Crippen molar-refractivity contribution in [1.82, 2.24) is 4.98 Å². The Bertz CT molecular complexity index is 599. The summed E-state index contributed by atoms with van der Waals surface area (Å²) in [6.07, 6.45) is 0. The van der Waals surface area contributed by atoms with Gasteiger partial charge in [-0.2, -0.15) is 0 Å². The molecule has 5 heteroatoms. The molecule has 0 saturated heterocycles. The van der Waals surface area contributed by atoms with Crippen molar-refractivity contribution in [3.63, 3.8) is 0 Å². The Balaban J connectivity index is 2.50. The topological polar surface area (TPSA) is 28.2 Å². The van der Waals surface area contributed by atoms with Gasteiger partial charge in [0.25, 0.3) is 0 Å². The van der Waals surface area contributed by atoms with Crippen LogP contribution in [-0.2, 0) is 0 Å². The van der Waals surface area contributed by atoms with Gasteiger partial charge in [0.2, 0.25) is 0 Å². The predicted molar refractivity (Wildman–Crippen MR) is 72.9 cm³/mol. The monoisotopic (exact) mass is 263 g/mol. The molecular formula is C14H15F2N3. The zero-order chi connectivity index (χ0) is 14.0. The molecule has 1 N–H and O–H groups in total. The van der Waals surface area contributed by atoms with Crippen LogP contribution in [-0.4, -0.2) is 19.1 Å². The molecule has 2 aromatic rings. The van der Waals surface area contributed by atoms with Gasteiger partial charge in [-0.05, 0) is 18.6 Å². The lowest BCUT2D eigenvalue weighted by Crippen LogP contribution is -2.15. The molecule has 0 radical (unpaired) electrons. The van der Waals surface area contributed by atoms with Gasteiger partial charge in [-0.15, -0.1) is 0 Å². The van der Waals surface area contributed by atoms with Crippen LogP contribution in [0, 0.1) is 18.6 Å². The van der Waals surface area contributed by atoms with Crippen LogP contribution in [0.3, 0.4) is 0 Å². The smallest absolute Gasteiger partial charge is 0.171 e. The lowest BCUT2D eigenvalue weighted by atomic mass is 10.2. The number of hydrogen-bond donors (Lipinski definition) is 1. The summed E-state index contributed by atoms with van der Waals surface area (Å²) in [4.78, 5) is 5.57. The van der Waals surface area contributed by atoms with Crippen LogP contribution in [0.5, 0.6) is 0 Å². The van der Waals surface area contributed by atoms with Crippen LogP contribution in [0.1, 0.15) is 5.56 Å². The Kier molecular flexibility index (Phi) is 3.64. The van der Waals surface area contributed by atoms with E-state index in [9.17, 15) is 8.78 Å². The quantitative estimate of drug-likeness (QED) is 0.919. The van der Waals surface area contributed by atoms with Crippen LogP contribution in [0.2, 0.25) is 0 Å². The average Bonchev–Trinajstić information content (AvgIpc) is 2.39. The summed E-state index contributed by atoms with van der Waals surface area (Å²) in [7, 11) is 3.24. The Morgan fingerprint density at radius 1 is 1.16 bits per heavy atom. The van der Waals surface area contributed by atoms with Crippen LogP contribution >= 0.6 is 0 Å². The van der Waals surface area contributed by atoms with Crippen molar-refractivity contribution in [3.8, 4) is 0 Å². The lowest BCUT2D eigenvalue weighted by molar-refractivity contribution is 0.576. The maximum Gasteiger partial charge on any atom is 0.171 e. The summed E-state index contributed by atoms with van der Waals surface area (Å²) >= 11 is 0. The van der Waals surface area contributed by atoms with Crippen molar-refractivity contribution in [2.45, 2.75) is 6.92 Å². The molecule has 0 aliphatic rings. The van der Waals surface area contributed by atoms with E-state index in [0.29, 0.717) is 0 Å². The molecule has 0 atom stereocenters. The number of nitrogens with zero attached hydrogens (tertiary/aromatic N) is 2. The molecule has 19 heavy (non-hydrogen) atoms. The fourth-order valence-corrected chi connectivity index (χ4v) is 1.92. The third-order valence-electron chi connectivity index (χ3n) is 2.94. The summed E-state index contributed by atoms with van der Waals surface area (Å²) in [5.74, 6) is -1.29. The minimum Gasteiger partial charge on any atom is -0.371 e. The standard InChI is InChI=1S/C14H15F2N3/c1-9-6-4-5-7-12(9)19(3)14-11(16)8-10(15)13(17-2)18-14/h4-8H,1-3H3,(H,17,18). The van der Waals surface area contributed by atoms with E-state index >= 15 is 0 Å². The fraction of sp³-hybridized carbons (Fsp3) is 0.214. The number of anilines is 3. The highest BCUT2D eigenvalue weighted by atomic mass is 19.1. The van der Waals surface area contributed by atoms with E-state index in [4.69, 9.17) is 0 Å². The molecule has 100 valence electrons. The zero-order valence-electron chi connectivity index (χ0n) is 11.0. The maximum absolute atomic E-state index is 13.9. The first-order valence-electron chi connectivity index (χ1n) is 5.87. The number of benzene rings is 1. The Hall–Kier alpha value is -2.17. The van der Waals surface area contributed by atoms with Gasteiger partial charge in [-0.1, -0.05) is 18.2 Å². The molecule has 0 aliphatic heterocycles. The molecule has 0 bridgehead atoms. The first-order valence-corrected chi connectivity index (χ1v) is 5.87. The van der Waals surface area contributed by atoms with E-state index < -0.39 is 11.6 Å². The van der Waals surface area contributed by atoms with Gasteiger partial charge in [0.05, 0.1) is 0 Å². The molecule has 0 aliphatic carbocycles. The van der Waals surface area contributed by atoms with Crippen LogP contribution in [0.15, 0.2) is 30.3 Å². The molecule has 0 unspecified atom stereocenters. The molecule has 2 rings (SSSR count). The van der Waals surface area contributed by atoms with Gasteiger partial charge in [-0.3, -0.25) is 0 Å². The minimum atomic E-state index is -0.707. The highest BCUT2D eigenvalue weighted by Crippen LogP contribution is 2.29. The first-order chi connectivity index (χ1) is 9.04. The Morgan fingerprint density at radius 3 is 2.47 bits per heavy atom. The van der Waals surface area contributed by atoms with E-state index in [-0.39, 0.29) is 11.6 Å². The number of pyridine rings is 1. The van der Waals surface area contributed by atoms with E-state index in [1.807, 2.05) is 31.2 Å². The zero-order valence-corrected chi connectivity index (χ0v) is 11.0. The number of hydrogen-bond acceptors (Lipinski definition) is 3. The van der Waals surface area contributed by atoms with Gasteiger partial charge < -0.3 is 10.2 Å². The lowest BCUT2D eigenvalue weighted by Gasteiger charge is -2.21. The molecule has 1 aromatic carbocycles. The van der Waals surface area contributed by atoms with Crippen molar-refractivity contribution < 1.29 is 8.78 Å². The van der Waals surface area contributed by atoms with Crippen molar-refractivity contribution in [1.29, 1.82) is 0 Å². The summed E-state index contributed by atoms with van der Waals surface area (Å²) in [5, 5.41) is 2.60. The molecule has 0 amide bonds. The Morgan fingerprint density at radius 2 is 1.84 bits per heavy atom. The third kappa shape index (κ3) is 2.50. The number of aromatic nitrogens is 1. The summed E-state index contributed by atoms with van der Waals surface area (Å²) in [6, 6.07) is 8.38. The molecular weight excluding hydrogens is 248 g/mol. The van der Waals surface area contributed by atoms with Gasteiger partial charge in [-0.25, -0.2) is 13.8 Å². The maximum atomic E-state index is 13.9. The van der Waals surface area contributed by atoms with Gasteiger partial charge in [0, 0.05) is 25.8 Å². The molecule has 0 fully saturated rings. The number of nitrogens with one attached hydrogen (secondary N) is 1. The van der Waals surface area contributed by atoms with Crippen molar-refractivity contribution in [2.24, 2.45) is 0 Å². The van der Waals surface area contributed by atoms with E-state index in [0.717, 1.165) is 17.3 Å². The van der Waals surface area contributed by atoms with E-state index in [1.54, 1.807) is 19.0 Å². The fourth-order valence-electron chi connectivity index (χ4n) is 1.92. The van der Waals surface area contributed by atoms with Crippen molar-refractivity contribution in [3.05, 3.63) is 47.5 Å².